The second kappa shape index (κ2) is 4.51. The quantitative estimate of drug-likeness (QED) is 0.847. The van der Waals surface area contributed by atoms with Gasteiger partial charge in [0.05, 0.1) is 17.7 Å². The molecule has 3 rings (SSSR count). The molecule has 1 aromatic heterocycles. The Morgan fingerprint density at radius 3 is 2.65 bits per heavy atom. The molecule has 1 aliphatic heterocycles. The first kappa shape index (κ1) is 13.5. The lowest BCUT2D eigenvalue weighted by Gasteiger charge is -2.39. The van der Waals surface area contributed by atoms with Gasteiger partial charge in [0.2, 0.25) is 0 Å². The summed E-state index contributed by atoms with van der Waals surface area (Å²) >= 11 is 1.42. The van der Waals surface area contributed by atoms with Crippen LogP contribution in [0.5, 0.6) is 5.75 Å². The number of aromatic nitrogens is 1. The number of hydrogen-bond donors (Lipinski definition) is 0. The van der Waals surface area contributed by atoms with Crippen molar-refractivity contribution in [2.45, 2.75) is 13.1 Å². The van der Waals surface area contributed by atoms with Crippen molar-refractivity contribution in [1.82, 2.24) is 4.98 Å². The highest BCUT2D eigenvalue weighted by molar-refractivity contribution is 7.22. The zero-order valence-electron chi connectivity index (χ0n) is 11.0. The van der Waals surface area contributed by atoms with Gasteiger partial charge in [-0.05, 0) is 18.6 Å². The van der Waals surface area contributed by atoms with Crippen LogP contribution in [0.1, 0.15) is 5.56 Å². The summed E-state index contributed by atoms with van der Waals surface area (Å²) in [7, 11) is 1.56. The number of aryl methyl sites for hydroxylation is 1. The monoisotopic (exact) mass is 302 g/mol. The maximum absolute atomic E-state index is 12.5. The first-order chi connectivity index (χ1) is 9.40. The molecule has 0 bridgehead atoms. The summed E-state index contributed by atoms with van der Waals surface area (Å²) in [6, 6.07) is 3.76. The van der Waals surface area contributed by atoms with Gasteiger partial charge >= 0.3 is 6.18 Å². The fourth-order valence-corrected chi connectivity index (χ4v) is 3.31. The second-order valence-corrected chi connectivity index (χ2v) is 5.88. The lowest BCUT2D eigenvalue weighted by Crippen LogP contribution is -2.53. The molecule has 2 aromatic rings. The van der Waals surface area contributed by atoms with Crippen molar-refractivity contribution in [3.63, 3.8) is 0 Å². The van der Waals surface area contributed by atoms with Crippen molar-refractivity contribution in [1.29, 1.82) is 0 Å². The molecule has 0 N–H and O–H groups in total. The molecule has 108 valence electrons. The molecular weight excluding hydrogens is 289 g/mol. The summed E-state index contributed by atoms with van der Waals surface area (Å²) < 4.78 is 43.8. The van der Waals surface area contributed by atoms with Crippen LogP contribution >= 0.6 is 11.3 Å². The SMILES string of the molecule is COc1ccc(C)c2sc(N3CC(C(F)(F)F)C3)nc12. The van der Waals surface area contributed by atoms with Crippen LogP contribution in [-0.2, 0) is 0 Å². The number of alkyl halides is 3. The highest BCUT2D eigenvalue weighted by Gasteiger charge is 2.47. The van der Waals surface area contributed by atoms with Crippen molar-refractivity contribution in [2.24, 2.45) is 5.92 Å². The van der Waals surface area contributed by atoms with E-state index in [4.69, 9.17) is 4.74 Å². The third-order valence-corrected chi connectivity index (χ3v) is 4.78. The average Bonchev–Trinajstić information content (AvgIpc) is 2.71. The van der Waals surface area contributed by atoms with Gasteiger partial charge in [-0.3, -0.25) is 0 Å². The Morgan fingerprint density at radius 2 is 2.05 bits per heavy atom. The van der Waals surface area contributed by atoms with E-state index in [1.165, 1.54) is 11.3 Å². The highest BCUT2D eigenvalue weighted by Crippen LogP contribution is 2.41. The fraction of sp³-hybridized carbons (Fsp3) is 0.462. The van der Waals surface area contributed by atoms with Crippen LogP contribution in [0, 0.1) is 12.8 Å². The first-order valence-corrected chi connectivity index (χ1v) is 6.97. The molecule has 2 heterocycles. The third kappa shape index (κ3) is 2.09. The van der Waals surface area contributed by atoms with E-state index >= 15 is 0 Å². The van der Waals surface area contributed by atoms with E-state index in [0.29, 0.717) is 10.9 Å². The van der Waals surface area contributed by atoms with Crippen LogP contribution in [0.2, 0.25) is 0 Å². The van der Waals surface area contributed by atoms with E-state index in [9.17, 15) is 13.2 Å². The lowest BCUT2D eigenvalue weighted by atomic mass is 10.0. The van der Waals surface area contributed by atoms with Crippen LogP contribution in [0.4, 0.5) is 18.3 Å². The molecule has 1 fully saturated rings. The second-order valence-electron chi connectivity index (χ2n) is 4.90. The van der Waals surface area contributed by atoms with Gasteiger partial charge in [0, 0.05) is 13.1 Å². The third-order valence-electron chi connectivity index (χ3n) is 3.53. The molecule has 0 radical (unpaired) electrons. The molecule has 0 unspecified atom stereocenters. The molecule has 20 heavy (non-hydrogen) atoms. The van der Waals surface area contributed by atoms with Gasteiger partial charge in [0.25, 0.3) is 0 Å². The zero-order chi connectivity index (χ0) is 14.5. The maximum atomic E-state index is 12.5. The van der Waals surface area contributed by atoms with Gasteiger partial charge < -0.3 is 9.64 Å². The average molecular weight is 302 g/mol. The summed E-state index contributed by atoms with van der Waals surface area (Å²) in [5.74, 6) is -0.585. The Bertz CT molecular complexity index is 647. The molecule has 0 atom stereocenters. The predicted molar refractivity (Wildman–Crippen MR) is 72.7 cm³/mol. The minimum Gasteiger partial charge on any atom is -0.494 e. The number of halogens is 3. The number of methoxy groups -OCH3 is 1. The van der Waals surface area contributed by atoms with E-state index in [2.05, 4.69) is 4.98 Å². The molecule has 1 saturated heterocycles. The van der Waals surface area contributed by atoms with E-state index in [-0.39, 0.29) is 13.1 Å². The summed E-state index contributed by atoms with van der Waals surface area (Å²) in [6.45, 7) is 1.94. The van der Waals surface area contributed by atoms with Crippen LogP contribution in [0.3, 0.4) is 0 Å². The molecule has 0 aliphatic carbocycles. The van der Waals surface area contributed by atoms with Crippen molar-refractivity contribution in [2.75, 3.05) is 25.1 Å². The van der Waals surface area contributed by atoms with Crippen LogP contribution < -0.4 is 9.64 Å². The van der Waals surface area contributed by atoms with Gasteiger partial charge in [0.15, 0.2) is 5.13 Å². The van der Waals surface area contributed by atoms with E-state index in [1.807, 2.05) is 19.1 Å². The normalized spacial score (nSPS) is 16.6. The van der Waals surface area contributed by atoms with Crippen molar-refractivity contribution < 1.29 is 17.9 Å². The summed E-state index contributed by atoms with van der Waals surface area (Å²) in [5.41, 5.74) is 1.78. The van der Waals surface area contributed by atoms with Crippen LogP contribution in [0.25, 0.3) is 10.2 Å². The van der Waals surface area contributed by atoms with Gasteiger partial charge in [-0.2, -0.15) is 13.2 Å². The molecule has 1 aromatic carbocycles. The van der Waals surface area contributed by atoms with Crippen molar-refractivity contribution in [3.05, 3.63) is 17.7 Å². The molecule has 0 saturated carbocycles. The number of hydrogen-bond acceptors (Lipinski definition) is 4. The minimum atomic E-state index is -4.11. The topological polar surface area (TPSA) is 25.4 Å². The highest BCUT2D eigenvalue weighted by atomic mass is 32.1. The Labute approximate surface area is 118 Å². The van der Waals surface area contributed by atoms with Crippen molar-refractivity contribution in [3.8, 4) is 5.75 Å². The van der Waals surface area contributed by atoms with Gasteiger partial charge in [-0.25, -0.2) is 4.98 Å². The van der Waals surface area contributed by atoms with Crippen LogP contribution in [-0.4, -0.2) is 31.4 Å². The number of ether oxygens (including phenoxy) is 1. The molecule has 3 nitrogen and oxygen atoms in total. The smallest absolute Gasteiger partial charge is 0.395 e. The lowest BCUT2D eigenvalue weighted by molar-refractivity contribution is -0.180. The number of thiazole rings is 1. The molecule has 0 spiro atoms. The summed E-state index contributed by atoms with van der Waals surface area (Å²) in [4.78, 5) is 6.10. The Hall–Kier alpha value is -1.50. The molecular formula is C13H13F3N2OS. The van der Waals surface area contributed by atoms with E-state index in [1.54, 1.807) is 12.0 Å². The minimum absolute atomic E-state index is 0.00924. The number of rotatable bonds is 2. The van der Waals surface area contributed by atoms with Gasteiger partial charge in [-0.1, -0.05) is 17.4 Å². The Balaban J connectivity index is 1.90. The van der Waals surface area contributed by atoms with Crippen molar-refractivity contribution >= 4 is 26.7 Å². The standard InChI is InChI=1S/C13H13F3N2OS/c1-7-3-4-9(19-2)10-11(7)20-12(17-10)18-5-8(6-18)13(14,15)16/h3-4,8H,5-6H2,1-2H3. The largest absolute Gasteiger partial charge is 0.494 e. The van der Waals surface area contributed by atoms with Crippen LogP contribution in [0.15, 0.2) is 12.1 Å². The first-order valence-electron chi connectivity index (χ1n) is 6.16. The number of fused-ring (bicyclic) bond motifs is 1. The molecule has 7 heteroatoms. The van der Waals surface area contributed by atoms with Gasteiger partial charge in [0.1, 0.15) is 11.3 Å². The maximum Gasteiger partial charge on any atom is 0.395 e. The summed E-state index contributed by atoms with van der Waals surface area (Å²) in [5, 5.41) is 0.633. The van der Waals surface area contributed by atoms with E-state index in [0.717, 1.165) is 15.8 Å². The Morgan fingerprint density at radius 1 is 1.35 bits per heavy atom. The summed E-state index contributed by atoms with van der Waals surface area (Å²) in [6.07, 6.45) is -4.11. The van der Waals surface area contributed by atoms with Gasteiger partial charge in [-0.15, -0.1) is 0 Å². The molecule has 0 amide bonds. The Kier molecular flexibility index (Phi) is 3.04. The number of benzene rings is 1. The zero-order valence-corrected chi connectivity index (χ0v) is 11.8. The van der Waals surface area contributed by atoms with E-state index < -0.39 is 12.1 Å². The predicted octanol–water partition coefficient (Wildman–Crippen LogP) is 3.61. The number of anilines is 1. The fourth-order valence-electron chi connectivity index (χ4n) is 2.24. The number of nitrogens with zero attached hydrogens (tertiary/aromatic N) is 2. The molecule has 1 aliphatic rings.